The summed E-state index contributed by atoms with van der Waals surface area (Å²) in [6.45, 7) is 14.8. The van der Waals surface area contributed by atoms with Crippen LogP contribution in [-0.4, -0.2) is 25.2 Å². The Balaban J connectivity index is 2.67. The molecule has 1 aliphatic carbocycles. The van der Waals surface area contributed by atoms with Crippen molar-refractivity contribution in [2.45, 2.75) is 80.6 Å². The minimum atomic E-state index is -0.461. The van der Waals surface area contributed by atoms with Crippen LogP contribution in [0.2, 0.25) is 0 Å². The third-order valence-corrected chi connectivity index (χ3v) is 5.67. The predicted octanol–water partition coefficient (Wildman–Crippen LogP) is 5.00. The van der Waals surface area contributed by atoms with E-state index in [0.717, 1.165) is 12.8 Å². The van der Waals surface area contributed by atoms with Gasteiger partial charge in [-0.1, -0.05) is 48.0 Å². The smallest absolute Gasteiger partial charge is 0.311 e. The van der Waals surface area contributed by atoms with Gasteiger partial charge in [-0.2, -0.15) is 0 Å². The van der Waals surface area contributed by atoms with Crippen molar-refractivity contribution in [2.24, 2.45) is 28.6 Å². The summed E-state index contributed by atoms with van der Waals surface area (Å²) in [5.74, 6) is -0.444. The Morgan fingerprint density at radius 3 is 2.16 bits per heavy atom. The SMILES string of the molecule is CCC(C)(CC(C)(C)C)C(C(C)=O)C(C)C(=O)OCOCC1CCC1. The number of esters is 1. The molecule has 1 fully saturated rings. The Bertz CT molecular complexity index is 447. The molecule has 0 radical (unpaired) electrons. The maximum Gasteiger partial charge on any atom is 0.311 e. The molecular weight excluding hydrogens is 316 g/mol. The van der Waals surface area contributed by atoms with Crippen molar-refractivity contribution in [1.82, 2.24) is 0 Å². The van der Waals surface area contributed by atoms with Gasteiger partial charge in [-0.15, -0.1) is 0 Å². The Morgan fingerprint density at radius 2 is 1.76 bits per heavy atom. The highest BCUT2D eigenvalue weighted by Crippen LogP contribution is 2.45. The molecule has 4 nitrogen and oxygen atoms in total. The largest absolute Gasteiger partial charge is 0.438 e. The van der Waals surface area contributed by atoms with Crippen molar-refractivity contribution >= 4 is 11.8 Å². The molecule has 0 bridgehead atoms. The van der Waals surface area contributed by atoms with Crippen LogP contribution < -0.4 is 0 Å². The maximum atomic E-state index is 12.5. The molecule has 0 aromatic carbocycles. The third-order valence-electron chi connectivity index (χ3n) is 5.67. The molecule has 146 valence electrons. The lowest BCUT2D eigenvalue weighted by Crippen LogP contribution is -2.42. The molecule has 1 saturated carbocycles. The van der Waals surface area contributed by atoms with Crippen molar-refractivity contribution in [3.05, 3.63) is 0 Å². The summed E-state index contributed by atoms with van der Waals surface area (Å²) in [5, 5.41) is 0. The molecule has 3 unspecified atom stereocenters. The van der Waals surface area contributed by atoms with E-state index < -0.39 is 5.92 Å². The molecule has 4 heteroatoms. The number of ketones is 1. The van der Waals surface area contributed by atoms with Gasteiger partial charge in [0.2, 0.25) is 0 Å². The van der Waals surface area contributed by atoms with E-state index in [4.69, 9.17) is 9.47 Å². The first-order chi connectivity index (χ1) is 11.5. The molecule has 0 N–H and O–H groups in total. The minimum absolute atomic E-state index is 0.00753. The lowest BCUT2D eigenvalue weighted by molar-refractivity contribution is -0.168. The minimum Gasteiger partial charge on any atom is -0.438 e. The average molecular weight is 355 g/mol. The van der Waals surface area contributed by atoms with Gasteiger partial charge < -0.3 is 9.47 Å². The lowest BCUT2D eigenvalue weighted by Gasteiger charge is -2.42. The second kappa shape index (κ2) is 9.16. The Kier molecular flexibility index (Phi) is 8.11. The summed E-state index contributed by atoms with van der Waals surface area (Å²) < 4.78 is 10.8. The summed E-state index contributed by atoms with van der Waals surface area (Å²) in [7, 11) is 0. The maximum absolute atomic E-state index is 12.5. The molecular formula is C21H38O4. The van der Waals surface area contributed by atoms with Gasteiger partial charge in [-0.3, -0.25) is 9.59 Å². The molecule has 0 saturated heterocycles. The highest BCUT2D eigenvalue weighted by molar-refractivity contribution is 5.85. The summed E-state index contributed by atoms with van der Waals surface area (Å²) >= 11 is 0. The highest BCUT2D eigenvalue weighted by atomic mass is 16.7. The van der Waals surface area contributed by atoms with Crippen molar-refractivity contribution < 1.29 is 19.1 Å². The first-order valence-corrected chi connectivity index (χ1v) is 9.75. The van der Waals surface area contributed by atoms with Crippen molar-refractivity contribution in [3.8, 4) is 0 Å². The fourth-order valence-corrected chi connectivity index (χ4v) is 4.35. The van der Waals surface area contributed by atoms with E-state index >= 15 is 0 Å². The number of carbonyl (C=O) groups excluding carboxylic acids is 2. The van der Waals surface area contributed by atoms with E-state index in [1.807, 2.05) is 6.92 Å². The Hall–Kier alpha value is -0.900. The molecule has 0 heterocycles. The number of rotatable bonds is 10. The lowest BCUT2D eigenvalue weighted by atomic mass is 9.61. The van der Waals surface area contributed by atoms with Gasteiger partial charge in [-0.05, 0) is 49.4 Å². The van der Waals surface area contributed by atoms with Crippen LogP contribution in [0, 0.1) is 28.6 Å². The summed E-state index contributed by atoms with van der Waals surface area (Å²) in [4.78, 5) is 24.9. The van der Waals surface area contributed by atoms with Gasteiger partial charge in [0.25, 0.3) is 0 Å². The van der Waals surface area contributed by atoms with E-state index in [9.17, 15) is 9.59 Å². The topological polar surface area (TPSA) is 52.6 Å². The van der Waals surface area contributed by atoms with Gasteiger partial charge in [0, 0.05) is 5.92 Å². The number of carbonyl (C=O) groups is 2. The molecule has 3 atom stereocenters. The van der Waals surface area contributed by atoms with E-state index in [2.05, 4.69) is 34.6 Å². The number of hydrogen-bond donors (Lipinski definition) is 0. The van der Waals surface area contributed by atoms with Crippen molar-refractivity contribution in [3.63, 3.8) is 0 Å². The summed E-state index contributed by atoms with van der Waals surface area (Å²) in [6.07, 6.45) is 5.42. The number of ether oxygens (including phenoxy) is 2. The zero-order valence-electron chi connectivity index (χ0n) is 17.3. The van der Waals surface area contributed by atoms with Crippen LogP contribution in [0.1, 0.15) is 80.6 Å². The van der Waals surface area contributed by atoms with Crippen LogP contribution in [0.4, 0.5) is 0 Å². The first-order valence-electron chi connectivity index (χ1n) is 9.75. The molecule has 0 aromatic heterocycles. The average Bonchev–Trinajstić information content (AvgIpc) is 2.42. The van der Waals surface area contributed by atoms with Gasteiger partial charge >= 0.3 is 5.97 Å². The molecule has 0 aromatic rings. The second-order valence-electron chi connectivity index (χ2n) is 9.37. The number of hydrogen-bond acceptors (Lipinski definition) is 4. The predicted molar refractivity (Wildman–Crippen MR) is 100 cm³/mol. The standard InChI is InChI=1S/C21H38O4/c1-8-21(7,13-20(4,5)6)18(16(3)22)15(2)19(23)25-14-24-12-17-10-9-11-17/h15,17-18H,8-14H2,1-7H3. The summed E-state index contributed by atoms with van der Waals surface area (Å²) in [6, 6.07) is 0. The zero-order chi connectivity index (χ0) is 19.3. The molecule has 1 rings (SSSR count). The van der Waals surface area contributed by atoms with Gasteiger partial charge in [0.05, 0.1) is 12.5 Å². The van der Waals surface area contributed by atoms with Crippen molar-refractivity contribution in [2.75, 3.05) is 13.4 Å². The van der Waals surface area contributed by atoms with Gasteiger partial charge in [0.1, 0.15) is 5.78 Å². The van der Waals surface area contributed by atoms with E-state index in [-0.39, 0.29) is 35.3 Å². The Morgan fingerprint density at radius 1 is 1.16 bits per heavy atom. The van der Waals surface area contributed by atoms with E-state index in [1.54, 1.807) is 6.92 Å². The molecule has 0 aliphatic heterocycles. The fourth-order valence-electron chi connectivity index (χ4n) is 4.35. The first kappa shape index (κ1) is 22.1. The Labute approximate surface area is 154 Å². The molecule has 1 aliphatic rings. The van der Waals surface area contributed by atoms with Crippen molar-refractivity contribution in [1.29, 1.82) is 0 Å². The molecule has 0 amide bonds. The molecule has 0 spiro atoms. The van der Waals surface area contributed by atoms with Crippen LogP contribution in [0.3, 0.4) is 0 Å². The molecule has 25 heavy (non-hydrogen) atoms. The fraction of sp³-hybridized carbons (Fsp3) is 0.905. The second-order valence-corrected chi connectivity index (χ2v) is 9.37. The zero-order valence-corrected chi connectivity index (χ0v) is 17.3. The monoisotopic (exact) mass is 354 g/mol. The highest BCUT2D eigenvalue weighted by Gasteiger charge is 2.44. The van der Waals surface area contributed by atoms with Gasteiger partial charge in [-0.25, -0.2) is 0 Å². The van der Waals surface area contributed by atoms with Crippen LogP contribution >= 0.6 is 0 Å². The summed E-state index contributed by atoms with van der Waals surface area (Å²) in [5.41, 5.74) is -0.136. The third kappa shape index (κ3) is 6.73. The van der Waals surface area contributed by atoms with Gasteiger partial charge in [0.15, 0.2) is 6.79 Å². The van der Waals surface area contributed by atoms with Crippen LogP contribution in [0.25, 0.3) is 0 Å². The van der Waals surface area contributed by atoms with Crippen LogP contribution in [0.15, 0.2) is 0 Å². The van der Waals surface area contributed by atoms with Crippen LogP contribution in [0.5, 0.6) is 0 Å². The normalized spacial score (nSPS) is 20.3. The van der Waals surface area contributed by atoms with Crippen LogP contribution in [-0.2, 0) is 19.1 Å². The number of Topliss-reactive ketones (excluding diaryl/α,β-unsaturated/α-hetero) is 1. The van der Waals surface area contributed by atoms with E-state index in [0.29, 0.717) is 12.5 Å². The van der Waals surface area contributed by atoms with E-state index in [1.165, 1.54) is 19.3 Å². The quantitative estimate of drug-likeness (QED) is 0.315.